The molecule has 0 aliphatic carbocycles. The third kappa shape index (κ3) is 4.32. The van der Waals surface area contributed by atoms with Crippen LogP contribution in [0.3, 0.4) is 0 Å². The lowest BCUT2D eigenvalue weighted by Crippen LogP contribution is -2.61. The SMILES string of the molecule is CO[C@H]1O[C@H](CBr)[C@@H](Oc2ccccc2)[C@@H](Nc2ccccc2)[C@@H]1F. The van der Waals surface area contributed by atoms with Crippen LogP contribution in [0.4, 0.5) is 10.1 Å². The third-order valence-corrected chi connectivity index (χ3v) is 4.78. The maximum atomic E-state index is 15.1. The van der Waals surface area contributed by atoms with Crippen LogP contribution < -0.4 is 10.1 Å². The van der Waals surface area contributed by atoms with Gasteiger partial charge in [0.25, 0.3) is 0 Å². The van der Waals surface area contributed by atoms with E-state index in [4.69, 9.17) is 14.2 Å². The van der Waals surface area contributed by atoms with E-state index < -0.39 is 24.6 Å². The number of rotatable bonds is 6. The lowest BCUT2D eigenvalue weighted by Gasteiger charge is -2.43. The van der Waals surface area contributed by atoms with E-state index in [1.807, 2.05) is 60.7 Å². The predicted octanol–water partition coefficient (Wildman–Crippen LogP) is 4.02. The molecule has 2 aromatic rings. The Labute approximate surface area is 155 Å². The summed E-state index contributed by atoms with van der Waals surface area (Å²) in [6, 6.07) is 18.3. The molecule has 1 heterocycles. The van der Waals surface area contributed by atoms with E-state index in [1.165, 1.54) is 7.11 Å². The zero-order chi connectivity index (χ0) is 17.6. The van der Waals surface area contributed by atoms with Crippen molar-refractivity contribution in [2.24, 2.45) is 0 Å². The van der Waals surface area contributed by atoms with Crippen molar-refractivity contribution in [1.82, 2.24) is 0 Å². The molecule has 0 spiro atoms. The normalized spacial score (nSPS) is 29.2. The van der Waals surface area contributed by atoms with E-state index in [0.717, 1.165) is 5.69 Å². The molecular formula is C19H21BrFNO3. The van der Waals surface area contributed by atoms with Crippen molar-refractivity contribution in [2.75, 3.05) is 17.8 Å². The Hall–Kier alpha value is -1.63. The number of methoxy groups -OCH3 is 1. The highest BCUT2D eigenvalue weighted by atomic mass is 79.9. The van der Waals surface area contributed by atoms with Crippen molar-refractivity contribution in [3.63, 3.8) is 0 Å². The Kier molecular flexibility index (Phi) is 6.29. The predicted molar refractivity (Wildman–Crippen MR) is 99.1 cm³/mol. The van der Waals surface area contributed by atoms with Gasteiger partial charge >= 0.3 is 0 Å². The topological polar surface area (TPSA) is 39.7 Å². The number of nitrogens with one attached hydrogen (secondary N) is 1. The molecule has 4 nitrogen and oxygen atoms in total. The van der Waals surface area contributed by atoms with Gasteiger partial charge in [-0.3, -0.25) is 0 Å². The van der Waals surface area contributed by atoms with Crippen LogP contribution in [0.1, 0.15) is 0 Å². The Morgan fingerprint density at radius 2 is 1.72 bits per heavy atom. The van der Waals surface area contributed by atoms with Crippen LogP contribution >= 0.6 is 15.9 Å². The molecule has 6 heteroatoms. The number of para-hydroxylation sites is 2. The van der Waals surface area contributed by atoms with E-state index in [1.54, 1.807) is 0 Å². The molecule has 1 aliphatic rings. The van der Waals surface area contributed by atoms with Crippen LogP contribution in [0.25, 0.3) is 0 Å². The van der Waals surface area contributed by atoms with Crippen molar-refractivity contribution >= 4 is 21.6 Å². The van der Waals surface area contributed by atoms with Crippen LogP contribution in [-0.4, -0.2) is 43.2 Å². The first-order valence-electron chi connectivity index (χ1n) is 8.14. The highest BCUT2D eigenvalue weighted by Gasteiger charge is 2.47. The van der Waals surface area contributed by atoms with Crippen molar-refractivity contribution in [2.45, 2.75) is 30.7 Å². The second-order valence-electron chi connectivity index (χ2n) is 5.81. The first kappa shape index (κ1) is 18.2. The van der Waals surface area contributed by atoms with Gasteiger partial charge in [0.15, 0.2) is 12.5 Å². The average molecular weight is 410 g/mol. The maximum absolute atomic E-state index is 15.1. The first-order chi connectivity index (χ1) is 12.2. The minimum Gasteiger partial charge on any atom is -0.485 e. The molecule has 25 heavy (non-hydrogen) atoms. The molecule has 134 valence electrons. The summed E-state index contributed by atoms with van der Waals surface area (Å²) >= 11 is 3.44. The molecule has 0 radical (unpaired) electrons. The van der Waals surface area contributed by atoms with Crippen LogP contribution in [0.5, 0.6) is 5.75 Å². The van der Waals surface area contributed by atoms with Gasteiger partial charge < -0.3 is 19.5 Å². The molecule has 0 saturated carbocycles. The van der Waals surface area contributed by atoms with Crippen molar-refractivity contribution < 1.29 is 18.6 Å². The third-order valence-electron chi connectivity index (χ3n) is 4.14. The van der Waals surface area contributed by atoms with Gasteiger partial charge in [-0.25, -0.2) is 4.39 Å². The summed E-state index contributed by atoms with van der Waals surface area (Å²) < 4.78 is 32.1. The van der Waals surface area contributed by atoms with Crippen LogP contribution in [0.15, 0.2) is 60.7 Å². The van der Waals surface area contributed by atoms with Gasteiger partial charge in [-0.2, -0.15) is 0 Å². The Morgan fingerprint density at radius 1 is 1.08 bits per heavy atom. The molecule has 0 bridgehead atoms. The second-order valence-corrected chi connectivity index (χ2v) is 6.46. The molecular weight excluding hydrogens is 389 g/mol. The van der Waals surface area contributed by atoms with Crippen LogP contribution in [0, 0.1) is 0 Å². The second kappa shape index (κ2) is 8.65. The Morgan fingerprint density at radius 3 is 2.32 bits per heavy atom. The van der Waals surface area contributed by atoms with Gasteiger partial charge in [-0.15, -0.1) is 0 Å². The molecule has 1 aliphatic heterocycles. The number of hydrogen-bond acceptors (Lipinski definition) is 4. The minimum absolute atomic E-state index is 0.363. The molecule has 5 atom stereocenters. The highest BCUT2D eigenvalue weighted by molar-refractivity contribution is 9.09. The number of ether oxygens (including phenoxy) is 3. The van der Waals surface area contributed by atoms with Gasteiger partial charge in [0.05, 0.1) is 0 Å². The van der Waals surface area contributed by atoms with Crippen molar-refractivity contribution in [3.05, 3.63) is 60.7 Å². The standard InChI is InChI=1S/C19H21BrFNO3/c1-23-19-16(21)17(22-13-8-4-2-5-9-13)18(15(12-20)25-19)24-14-10-6-3-7-11-14/h2-11,15-19,22H,12H2,1H3/t15-,16+,17+,18-,19+/m1/s1. The van der Waals surface area contributed by atoms with Crippen molar-refractivity contribution in [1.29, 1.82) is 0 Å². The van der Waals surface area contributed by atoms with E-state index in [2.05, 4.69) is 21.2 Å². The number of anilines is 1. The van der Waals surface area contributed by atoms with Gasteiger partial charge in [-0.05, 0) is 24.3 Å². The monoisotopic (exact) mass is 409 g/mol. The van der Waals surface area contributed by atoms with Gasteiger partial charge in [-0.1, -0.05) is 52.3 Å². The van der Waals surface area contributed by atoms with E-state index >= 15 is 4.39 Å². The fourth-order valence-corrected chi connectivity index (χ4v) is 3.43. The van der Waals surface area contributed by atoms with E-state index in [0.29, 0.717) is 11.1 Å². The quantitative estimate of drug-likeness (QED) is 0.731. The first-order valence-corrected chi connectivity index (χ1v) is 9.26. The fraction of sp³-hybridized carbons (Fsp3) is 0.368. The number of benzene rings is 2. The minimum atomic E-state index is -1.38. The molecule has 3 rings (SSSR count). The van der Waals surface area contributed by atoms with Crippen LogP contribution in [-0.2, 0) is 9.47 Å². The largest absolute Gasteiger partial charge is 0.485 e. The molecule has 0 unspecified atom stereocenters. The van der Waals surface area contributed by atoms with Crippen molar-refractivity contribution in [3.8, 4) is 5.75 Å². The smallest absolute Gasteiger partial charge is 0.191 e. The van der Waals surface area contributed by atoms with E-state index in [9.17, 15) is 0 Å². The van der Waals surface area contributed by atoms with Gasteiger partial charge in [0.2, 0.25) is 0 Å². The fourth-order valence-electron chi connectivity index (χ4n) is 2.91. The molecule has 1 saturated heterocycles. The highest BCUT2D eigenvalue weighted by Crippen LogP contribution is 2.30. The van der Waals surface area contributed by atoms with E-state index in [-0.39, 0.29) is 6.10 Å². The molecule has 2 aromatic carbocycles. The van der Waals surface area contributed by atoms with Gasteiger partial charge in [0, 0.05) is 18.1 Å². The molecule has 0 aromatic heterocycles. The summed E-state index contributed by atoms with van der Waals surface area (Å²) in [4.78, 5) is 0. The zero-order valence-electron chi connectivity index (χ0n) is 13.8. The van der Waals surface area contributed by atoms with Gasteiger partial charge in [0.1, 0.15) is 24.0 Å². The summed E-state index contributed by atoms with van der Waals surface area (Å²) in [5.41, 5.74) is 0.821. The zero-order valence-corrected chi connectivity index (χ0v) is 15.4. The summed E-state index contributed by atoms with van der Waals surface area (Å²) in [7, 11) is 1.44. The maximum Gasteiger partial charge on any atom is 0.191 e. The summed E-state index contributed by atoms with van der Waals surface area (Å²) in [5, 5.41) is 3.75. The Bertz CT molecular complexity index is 646. The number of alkyl halides is 2. The molecule has 1 N–H and O–H groups in total. The molecule has 1 fully saturated rings. The lowest BCUT2D eigenvalue weighted by molar-refractivity contribution is -0.234. The number of halogens is 2. The average Bonchev–Trinajstić information content (AvgIpc) is 2.66. The molecule has 0 amide bonds. The summed E-state index contributed by atoms with van der Waals surface area (Å²) in [6.07, 6.45) is -3.21. The summed E-state index contributed by atoms with van der Waals surface area (Å²) in [6.45, 7) is 0. The van der Waals surface area contributed by atoms with Crippen LogP contribution in [0.2, 0.25) is 0 Å². The number of hydrogen-bond donors (Lipinski definition) is 1. The summed E-state index contributed by atoms with van der Waals surface area (Å²) in [5.74, 6) is 0.671. The Balaban J connectivity index is 1.87. The lowest BCUT2D eigenvalue weighted by atomic mass is 9.97.